The van der Waals surface area contributed by atoms with Gasteiger partial charge in [0.2, 0.25) is 0 Å². The number of alkyl halides is 5. The lowest BCUT2D eigenvalue weighted by molar-refractivity contribution is -0.139. The molecule has 3 amide bonds. The molecule has 3 heterocycles. The average Bonchev–Trinajstić information content (AvgIpc) is 3.01. The van der Waals surface area contributed by atoms with E-state index in [0.717, 1.165) is 6.07 Å². The van der Waals surface area contributed by atoms with Crippen molar-refractivity contribution < 1.29 is 31.5 Å². The van der Waals surface area contributed by atoms with Crippen LogP contribution in [0.4, 0.5) is 32.4 Å². The van der Waals surface area contributed by atoms with E-state index in [1.165, 1.54) is 9.80 Å². The van der Waals surface area contributed by atoms with Crippen LogP contribution in [-0.2, 0) is 25.7 Å². The van der Waals surface area contributed by atoms with E-state index in [1.54, 1.807) is 34.2 Å². The Morgan fingerprint density at radius 1 is 1.32 bits per heavy atom. The molecule has 1 N–H and O–H groups in total. The molecule has 0 radical (unpaired) electrons. The van der Waals surface area contributed by atoms with Gasteiger partial charge in [0.15, 0.2) is 4.18 Å². The number of nitrogens with one attached hydrogen (secondary N) is 1. The van der Waals surface area contributed by atoms with E-state index in [4.69, 9.17) is 0 Å². The van der Waals surface area contributed by atoms with Crippen molar-refractivity contribution in [1.82, 2.24) is 19.6 Å². The van der Waals surface area contributed by atoms with Gasteiger partial charge in [-0.05, 0) is 54.1 Å². The molecule has 7 nitrogen and oxygen atoms in total. The molecule has 0 fully saturated rings. The zero-order valence-electron chi connectivity index (χ0n) is 18.0. The maximum atomic E-state index is 13.6. The number of hydrogen-bond acceptors (Lipinski definition) is 3. The summed E-state index contributed by atoms with van der Waals surface area (Å²) in [4.78, 5) is 28.9. The largest absolute Gasteiger partial charge is 0.419 e. The molecule has 1 aromatic heterocycles. The third-order valence-corrected chi connectivity index (χ3v) is 6.31. The highest BCUT2D eigenvalue weighted by Gasteiger charge is 2.37. The van der Waals surface area contributed by atoms with Crippen LogP contribution < -0.4 is 5.32 Å². The monoisotopic (exact) mass is 597 g/mol. The van der Waals surface area contributed by atoms with E-state index < -0.39 is 27.8 Å². The van der Waals surface area contributed by atoms with Crippen molar-refractivity contribution in [2.24, 2.45) is 0 Å². The molecule has 2 atom stereocenters. The normalized spacial score (nSPS) is 19.4. The highest BCUT2D eigenvalue weighted by atomic mass is 127. The van der Waals surface area contributed by atoms with Crippen molar-refractivity contribution in [3.63, 3.8) is 0 Å². The first kappa shape index (κ1) is 24.7. The standard InChI is InChI=1S/C21H21F5IN5O2/c1-11-7-16-13(18-19(33)30(10-17(23)27)5-2-6-32(18)29-16)9-31(11)20(34)28-12-3-4-15(22)14(8-12)21(24,25)26/h3-4,8,11,17H,2,5-7,9-10H2,1H3,(H,28,34)/t11-,17?/m1/s1. The van der Waals surface area contributed by atoms with Gasteiger partial charge < -0.3 is 15.1 Å². The van der Waals surface area contributed by atoms with E-state index in [9.17, 15) is 31.5 Å². The summed E-state index contributed by atoms with van der Waals surface area (Å²) in [6.07, 6.45) is -3.96. The number of rotatable bonds is 3. The van der Waals surface area contributed by atoms with Crippen LogP contribution in [0.5, 0.6) is 0 Å². The number of nitrogens with zero attached hydrogens (tertiary/aromatic N) is 4. The fourth-order valence-corrected chi connectivity index (χ4v) is 4.76. The number of urea groups is 1. The van der Waals surface area contributed by atoms with Crippen molar-refractivity contribution in [2.45, 2.75) is 49.3 Å². The zero-order chi connectivity index (χ0) is 24.8. The molecule has 13 heteroatoms. The van der Waals surface area contributed by atoms with Crippen LogP contribution in [-0.4, -0.2) is 54.8 Å². The summed E-state index contributed by atoms with van der Waals surface area (Å²) < 4.78 is 66.6. The number of carbonyl (C=O) groups excluding carboxylic acids is 2. The summed E-state index contributed by atoms with van der Waals surface area (Å²) in [5.74, 6) is -1.80. The van der Waals surface area contributed by atoms with Gasteiger partial charge in [0.1, 0.15) is 11.5 Å². The summed E-state index contributed by atoms with van der Waals surface area (Å²) in [6.45, 7) is 2.56. The molecule has 2 aliphatic heterocycles. The van der Waals surface area contributed by atoms with Gasteiger partial charge in [0.05, 0.1) is 24.3 Å². The molecule has 0 aliphatic carbocycles. The van der Waals surface area contributed by atoms with Crippen LogP contribution >= 0.6 is 22.6 Å². The van der Waals surface area contributed by atoms with Crippen molar-refractivity contribution in [3.05, 3.63) is 46.5 Å². The Kier molecular flexibility index (Phi) is 6.75. The van der Waals surface area contributed by atoms with Gasteiger partial charge in [-0.1, -0.05) is 0 Å². The minimum Gasteiger partial charge on any atom is -0.334 e. The van der Waals surface area contributed by atoms with E-state index >= 15 is 0 Å². The number of hydrogen-bond donors (Lipinski definition) is 1. The SMILES string of the molecule is C[C@@H]1Cc2nn3c(c2CN1C(=O)Nc1ccc(F)c(C(F)(F)F)c1)C(=O)N(CC(F)I)CCC3. The Labute approximate surface area is 205 Å². The lowest BCUT2D eigenvalue weighted by atomic mass is 9.99. The number of amides is 3. The first-order valence-corrected chi connectivity index (χ1v) is 11.8. The highest BCUT2D eigenvalue weighted by molar-refractivity contribution is 14.1. The Hall–Kier alpha value is -2.45. The molecule has 0 bridgehead atoms. The molecular formula is C21H21F5IN5O2. The molecule has 184 valence electrons. The van der Waals surface area contributed by atoms with E-state index in [2.05, 4.69) is 10.4 Å². The fourth-order valence-electron chi connectivity index (χ4n) is 4.29. The second-order valence-corrected chi connectivity index (χ2v) is 9.65. The Bertz CT molecular complexity index is 1120. The molecule has 2 aromatic rings. The number of fused-ring (bicyclic) bond motifs is 3. The average molecular weight is 597 g/mol. The lowest BCUT2D eigenvalue weighted by Gasteiger charge is -2.33. The molecule has 2 aliphatic rings. The van der Waals surface area contributed by atoms with E-state index in [0.29, 0.717) is 55.0 Å². The minimum absolute atomic E-state index is 0.00780. The summed E-state index contributed by atoms with van der Waals surface area (Å²) in [5, 5.41) is 6.93. The first-order chi connectivity index (χ1) is 16.0. The smallest absolute Gasteiger partial charge is 0.334 e. The fraction of sp³-hybridized carbons (Fsp3) is 0.476. The van der Waals surface area contributed by atoms with Crippen molar-refractivity contribution in [1.29, 1.82) is 0 Å². The van der Waals surface area contributed by atoms with Crippen molar-refractivity contribution in [2.75, 3.05) is 18.4 Å². The van der Waals surface area contributed by atoms with Crippen LogP contribution in [0.1, 0.15) is 40.7 Å². The Morgan fingerprint density at radius 3 is 2.74 bits per heavy atom. The van der Waals surface area contributed by atoms with E-state index in [1.807, 2.05) is 0 Å². The van der Waals surface area contributed by atoms with Gasteiger partial charge in [-0.25, -0.2) is 13.6 Å². The second-order valence-electron chi connectivity index (χ2n) is 8.30. The van der Waals surface area contributed by atoms with Crippen molar-refractivity contribution >= 4 is 40.2 Å². The molecule has 0 spiro atoms. The van der Waals surface area contributed by atoms with Crippen LogP contribution in [0, 0.1) is 5.82 Å². The molecular weight excluding hydrogens is 576 g/mol. The second kappa shape index (κ2) is 9.30. The number of anilines is 1. The maximum Gasteiger partial charge on any atom is 0.419 e. The number of aromatic nitrogens is 2. The molecule has 0 saturated carbocycles. The zero-order valence-corrected chi connectivity index (χ0v) is 20.2. The molecule has 0 saturated heterocycles. The highest BCUT2D eigenvalue weighted by Crippen LogP contribution is 2.34. The van der Waals surface area contributed by atoms with Crippen molar-refractivity contribution in [3.8, 4) is 0 Å². The molecule has 4 rings (SSSR count). The Balaban J connectivity index is 1.59. The maximum absolute atomic E-state index is 13.6. The van der Waals surface area contributed by atoms with Crippen LogP contribution in [0.15, 0.2) is 18.2 Å². The molecule has 1 unspecified atom stereocenters. The first-order valence-electron chi connectivity index (χ1n) is 10.6. The van der Waals surface area contributed by atoms with Gasteiger partial charge >= 0.3 is 12.2 Å². The van der Waals surface area contributed by atoms with E-state index in [-0.39, 0.29) is 30.7 Å². The Morgan fingerprint density at radius 2 is 2.06 bits per heavy atom. The van der Waals surface area contributed by atoms with Gasteiger partial charge in [0.25, 0.3) is 5.91 Å². The third-order valence-electron chi connectivity index (χ3n) is 5.91. The van der Waals surface area contributed by atoms with Crippen LogP contribution in [0.2, 0.25) is 0 Å². The summed E-state index contributed by atoms with van der Waals surface area (Å²) in [7, 11) is 0. The molecule has 34 heavy (non-hydrogen) atoms. The summed E-state index contributed by atoms with van der Waals surface area (Å²) >= 11 is 1.60. The number of halogens is 6. The van der Waals surface area contributed by atoms with Crippen LogP contribution in [0.25, 0.3) is 0 Å². The quantitative estimate of drug-likeness (QED) is 0.320. The van der Waals surface area contributed by atoms with Gasteiger partial charge in [-0.3, -0.25) is 9.48 Å². The number of carbonyl (C=O) groups is 2. The summed E-state index contributed by atoms with van der Waals surface area (Å²) in [5.41, 5.74) is -0.175. The lowest BCUT2D eigenvalue weighted by Crippen LogP contribution is -2.45. The van der Waals surface area contributed by atoms with Gasteiger partial charge in [0, 0.05) is 36.8 Å². The molecule has 1 aromatic carbocycles. The predicted octanol–water partition coefficient (Wildman–Crippen LogP) is 4.60. The van der Waals surface area contributed by atoms with Gasteiger partial charge in [-0.15, -0.1) is 0 Å². The minimum atomic E-state index is -4.91. The topological polar surface area (TPSA) is 70.5 Å². The number of benzene rings is 1. The third kappa shape index (κ3) is 4.84. The van der Waals surface area contributed by atoms with Crippen LogP contribution in [0.3, 0.4) is 0 Å². The predicted molar refractivity (Wildman–Crippen MR) is 121 cm³/mol. The number of aryl methyl sites for hydroxylation is 1. The summed E-state index contributed by atoms with van der Waals surface area (Å²) in [6, 6.07) is 1.19. The van der Waals surface area contributed by atoms with Gasteiger partial charge in [-0.2, -0.15) is 18.3 Å².